The Bertz CT molecular complexity index is 799. The molecule has 25 heavy (non-hydrogen) atoms. The van der Waals surface area contributed by atoms with E-state index in [4.69, 9.17) is 4.52 Å². The number of nitrogens with one attached hydrogen (secondary N) is 1. The van der Waals surface area contributed by atoms with E-state index in [1.807, 2.05) is 17.5 Å². The van der Waals surface area contributed by atoms with Crippen LogP contribution < -0.4 is 5.32 Å². The predicted molar refractivity (Wildman–Crippen MR) is 94.9 cm³/mol. The topological polar surface area (TPSA) is 102 Å². The summed E-state index contributed by atoms with van der Waals surface area (Å²) in [6.07, 6.45) is 3.84. The number of thiophene rings is 1. The van der Waals surface area contributed by atoms with Gasteiger partial charge in [0.15, 0.2) is 9.84 Å². The highest BCUT2D eigenvalue weighted by atomic mass is 32.2. The van der Waals surface area contributed by atoms with Gasteiger partial charge in [0, 0.05) is 13.0 Å². The molecule has 1 saturated heterocycles. The number of aromatic nitrogens is 2. The maximum Gasteiger partial charge on any atom is 0.226 e. The first-order valence-electron chi connectivity index (χ1n) is 8.38. The normalized spacial score (nSPS) is 19.1. The molecule has 7 nitrogen and oxygen atoms in total. The molecule has 0 bridgehead atoms. The number of carbonyl (C=O) groups excluding carboxylic acids is 1. The van der Waals surface area contributed by atoms with Crippen molar-refractivity contribution in [3.8, 4) is 10.7 Å². The number of carbonyl (C=O) groups is 1. The van der Waals surface area contributed by atoms with Crippen LogP contribution in [-0.4, -0.2) is 42.5 Å². The van der Waals surface area contributed by atoms with Crippen LogP contribution in [0, 0.1) is 5.92 Å². The number of rotatable bonds is 8. The van der Waals surface area contributed by atoms with Crippen molar-refractivity contribution in [2.45, 2.75) is 32.1 Å². The zero-order chi connectivity index (χ0) is 17.7. The molecular weight excluding hydrogens is 362 g/mol. The molecule has 1 fully saturated rings. The fraction of sp³-hybridized carbons (Fsp3) is 0.562. The third-order valence-electron chi connectivity index (χ3n) is 4.18. The van der Waals surface area contributed by atoms with Gasteiger partial charge in [-0.25, -0.2) is 8.42 Å². The number of unbranched alkanes of at least 4 members (excludes halogenated alkanes) is 2. The number of aryl methyl sites for hydroxylation is 1. The molecule has 0 unspecified atom stereocenters. The van der Waals surface area contributed by atoms with E-state index in [1.54, 1.807) is 11.3 Å². The van der Waals surface area contributed by atoms with Crippen LogP contribution >= 0.6 is 11.3 Å². The molecule has 2 aromatic rings. The predicted octanol–water partition coefficient (Wildman–Crippen LogP) is 2.06. The summed E-state index contributed by atoms with van der Waals surface area (Å²) >= 11 is 1.57. The van der Waals surface area contributed by atoms with E-state index in [-0.39, 0.29) is 23.3 Å². The van der Waals surface area contributed by atoms with Gasteiger partial charge < -0.3 is 9.84 Å². The smallest absolute Gasteiger partial charge is 0.226 e. The maximum atomic E-state index is 11.9. The lowest BCUT2D eigenvalue weighted by atomic mass is 10.1. The van der Waals surface area contributed by atoms with Gasteiger partial charge in [0.1, 0.15) is 0 Å². The van der Waals surface area contributed by atoms with Gasteiger partial charge in [-0.05, 0) is 30.7 Å². The van der Waals surface area contributed by atoms with E-state index in [9.17, 15) is 13.2 Å². The molecule has 9 heteroatoms. The van der Waals surface area contributed by atoms with Crippen LogP contribution in [0.3, 0.4) is 0 Å². The van der Waals surface area contributed by atoms with Crippen molar-refractivity contribution >= 4 is 27.1 Å². The van der Waals surface area contributed by atoms with E-state index >= 15 is 0 Å². The van der Waals surface area contributed by atoms with Crippen molar-refractivity contribution in [3.63, 3.8) is 0 Å². The largest absolute Gasteiger partial charge is 0.356 e. The van der Waals surface area contributed by atoms with E-state index in [0.717, 1.165) is 24.1 Å². The lowest BCUT2D eigenvalue weighted by Crippen LogP contribution is -2.32. The molecule has 1 atom stereocenters. The molecule has 1 aliphatic heterocycles. The molecule has 0 aromatic carbocycles. The Hall–Kier alpha value is -1.74. The number of sulfone groups is 1. The fourth-order valence-electron chi connectivity index (χ4n) is 2.80. The van der Waals surface area contributed by atoms with E-state index in [1.165, 1.54) is 0 Å². The van der Waals surface area contributed by atoms with Crippen molar-refractivity contribution in [1.29, 1.82) is 0 Å². The maximum absolute atomic E-state index is 11.9. The number of hydrogen-bond acceptors (Lipinski definition) is 7. The zero-order valence-electron chi connectivity index (χ0n) is 13.8. The summed E-state index contributed by atoms with van der Waals surface area (Å²) in [5.41, 5.74) is 0. The molecule has 1 amide bonds. The highest BCUT2D eigenvalue weighted by Gasteiger charge is 2.32. The molecule has 3 rings (SSSR count). The Kier molecular flexibility index (Phi) is 5.85. The summed E-state index contributed by atoms with van der Waals surface area (Å²) in [5, 5.41) is 8.77. The lowest BCUT2D eigenvalue weighted by Gasteiger charge is -2.08. The molecule has 0 aliphatic carbocycles. The van der Waals surface area contributed by atoms with Crippen LogP contribution in [0.4, 0.5) is 0 Å². The Morgan fingerprint density at radius 3 is 2.96 bits per heavy atom. The summed E-state index contributed by atoms with van der Waals surface area (Å²) in [7, 11) is -3.01. The Balaban J connectivity index is 1.30. The molecule has 2 aromatic heterocycles. The second kappa shape index (κ2) is 8.09. The summed E-state index contributed by atoms with van der Waals surface area (Å²) in [6.45, 7) is 0.569. The summed E-state index contributed by atoms with van der Waals surface area (Å²) in [4.78, 5) is 17.3. The molecular formula is C16H21N3O4S2. The van der Waals surface area contributed by atoms with Crippen molar-refractivity contribution in [3.05, 3.63) is 23.4 Å². The highest BCUT2D eigenvalue weighted by molar-refractivity contribution is 7.91. The minimum Gasteiger partial charge on any atom is -0.356 e. The minimum atomic E-state index is -3.01. The molecule has 1 N–H and O–H groups in total. The highest BCUT2D eigenvalue weighted by Crippen LogP contribution is 2.21. The van der Waals surface area contributed by atoms with Gasteiger partial charge in [-0.1, -0.05) is 17.6 Å². The Morgan fingerprint density at radius 1 is 1.36 bits per heavy atom. The number of hydrogen-bond donors (Lipinski definition) is 1. The molecule has 0 saturated carbocycles. The van der Waals surface area contributed by atoms with Gasteiger partial charge in [-0.3, -0.25) is 4.79 Å². The molecule has 1 aliphatic rings. The molecule has 0 spiro atoms. The standard InChI is InChI=1S/C16H21N3O4S2/c20-16(12-7-10-25(21,22)11-12)17-8-3-1-2-6-14-18-15(19-23-14)13-5-4-9-24-13/h4-5,9,12H,1-3,6-8,10-11H2,(H,17,20)/t12-/m1/s1. The van der Waals surface area contributed by atoms with Crippen LogP contribution in [0.5, 0.6) is 0 Å². The first kappa shape index (κ1) is 18.1. The molecule has 0 radical (unpaired) electrons. The van der Waals surface area contributed by atoms with E-state index < -0.39 is 9.84 Å². The summed E-state index contributed by atoms with van der Waals surface area (Å²) in [5.74, 6) is 0.857. The Morgan fingerprint density at radius 2 is 2.24 bits per heavy atom. The first-order valence-corrected chi connectivity index (χ1v) is 11.1. The quantitative estimate of drug-likeness (QED) is 0.700. The molecule has 3 heterocycles. The SMILES string of the molecule is O=C(NCCCCCc1nc(-c2cccs2)no1)[C@@H]1CCS(=O)(=O)C1. The number of nitrogens with zero attached hydrogens (tertiary/aromatic N) is 2. The van der Waals surface area contributed by atoms with Gasteiger partial charge in [0.05, 0.1) is 22.3 Å². The summed E-state index contributed by atoms with van der Waals surface area (Å²) in [6, 6.07) is 3.91. The second-order valence-electron chi connectivity index (χ2n) is 6.19. The molecule has 136 valence electrons. The Labute approximate surface area is 150 Å². The van der Waals surface area contributed by atoms with Gasteiger partial charge in [-0.2, -0.15) is 4.98 Å². The van der Waals surface area contributed by atoms with E-state index in [0.29, 0.717) is 31.1 Å². The third kappa shape index (κ3) is 5.12. The van der Waals surface area contributed by atoms with Crippen LogP contribution in [0.25, 0.3) is 10.7 Å². The van der Waals surface area contributed by atoms with Gasteiger partial charge in [-0.15, -0.1) is 11.3 Å². The second-order valence-corrected chi connectivity index (χ2v) is 9.37. The van der Waals surface area contributed by atoms with Crippen molar-refractivity contribution in [2.75, 3.05) is 18.1 Å². The van der Waals surface area contributed by atoms with Crippen molar-refractivity contribution in [2.24, 2.45) is 5.92 Å². The van der Waals surface area contributed by atoms with Crippen molar-refractivity contribution in [1.82, 2.24) is 15.5 Å². The minimum absolute atomic E-state index is 0.0113. The van der Waals surface area contributed by atoms with Crippen LogP contribution in [0.15, 0.2) is 22.0 Å². The monoisotopic (exact) mass is 383 g/mol. The number of amides is 1. The van der Waals surface area contributed by atoms with Crippen molar-refractivity contribution < 1.29 is 17.7 Å². The lowest BCUT2D eigenvalue weighted by molar-refractivity contribution is -0.124. The van der Waals surface area contributed by atoms with Crippen LogP contribution in [0.1, 0.15) is 31.6 Å². The zero-order valence-corrected chi connectivity index (χ0v) is 15.4. The van der Waals surface area contributed by atoms with Gasteiger partial charge in [0.2, 0.25) is 17.6 Å². The average molecular weight is 383 g/mol. The first-order chi connectivity index (χ1) is 12.0. The fourth-order valence-corrected chi connectivity index (χ4v) is 5.19. The third-order valence-corrected chi connectivity index (χ3v) is 6.81. The van der Waals surface area contributed by atoms with Crippen LogP contribution in [0.2, 0.25) is 0 Å². The van der Waals surface area contributed by atoms with Crippen LogP contribution in [-0.2, 0) is 21.1 Å². The summed E-state index contributed by atoms with van der Waals surface area (Å²) < 4.78 is 28.0. The van der Waals surface area contributed by atoms with Gasteiger partial charge in [0.25, 0.3) is 0 Å². The van der Waals surface area contributed by atoms with Gasteiger partial charge >= 0.3 is 0 Å². The average Bonchev–Trinajstić information content (AvgIpc) is 3.30. The van der Waals surface area contributed by atoms with E-state index in [2.05, 4.69) is 15.5 Å².